The van der Waals surface area contributed by atoms with E-state index in [0.29, 0.717) is 18.9 Å². The van der Waals surface area contributed by atoms with Gasteiger partial charge >= 0.3 is 5.97 Å². The minimum absolute atomic E-state index is 0.249. The van der Waals surface area contributed by atoms with Crippen molar-refractivity contribution >= 4 is 11.9 Å². The second-order valence-corrected chi connectivity index (χ2v) is 5.72. The summed E-state index contributed by atoms with van der Waals surface area (Å²) >= 11 is 0. The molecule has 114 valence electrons. The number of hydrogen-bond donors (Lipinski definition) is 2. The van der Waals surface area contributed by atoms with Crippen molar-refractivity contribution in [3.63, 3.8) is 0 Å². The van der Waals surface area contributed by atoms with Gasteiger partial charge in [-0.25, -0.2) is 0 Å². The molecular weight excluding hydrogens is 268 g/mol. The first-order valence-corrected chi connectivity index (χ1v) is 7.34. The minimum Gasteiger partial charge on any atom is -0.481 e. The number of amides is 1. The van der Waals surface area contributed by atoms with E-state index in [0.717, 1.165) is 31.5 Å². The lowest BCUT2D eigenvalue weighted by molar-refractivity contribution is -0.139. The Kier molecular flexibility index (Phi) is 5.33. The summed E-state index contributed by atoms with van der Waals surface area (Å²) in [5.74, 6) is -1.20. The number of hydrogen-bond acceptors (Lipinski definition) is 3. The van der Waals surface area contributed by atoms with Crippen molar-refractivity contribution < 1.29 is 14.7 Å². The average Bonchev–Trinajstić information content (AvgIpc) is 2.46. The summed E-state index contributed by atoms with van der Waals surface area (Å²) in [4.78, 5) is 24.6. The molecule has 0 saturated carbocycles. The number of aliphatic carboxylic acids is 1. The van der Waals surface area contributed by atoms with E-state index in [-0.39, 0.29) is 5.91 Å². The number of carboxylic acid groups (broad SMARTS) is 1. The predicted octanol–water partition coefficient (Wildman–Crippen LogP) is 1.44. The van der Waals surface area contributed by atoms with Gasteiger partial charge in [-0.1, -0.05) is 30.3 Å². The van der Waals surface area contributed by atoms with Gasteiger partial charge in [-0.05, 0) is 37.4 Å². The van der Waals surface area contributed by atoms with Crippen LogP contribution in [-0.4, -0.2) is 41.5 Å². The number of nitrogens with two attached hydrogens (primary N) is 1. The smallest absolute Gasteiger partial charge is 0.312 e. The Morgan fingerprint density at radius 2 is 1.86 bits per heavy atom. The van der Waals surface area contributed by atoms with Crippen LogP contribution in [0, 0.1) is 5.92 Å². The molecule has 2 rings (SSSR count). The van der Waals surface area contributed by atoms with Gasteiger partial charge in [0.1, 0.15) is 0 Å². The van der Waals surface area contributed by atoms with Crippen LogP contribution in [0.25, 0.3) is 0 Å². The summed E-state index contributed by atoms with van der Waals surface area (Å²) in [7, 11) is 0. The van der Waals surface area contributed by atoms with Crippen LogP contribution in [-0.2, 0) is 9.59 Å². The maximum atomic E-state index is 11.5. The van der Waals surface area contributed by atoms with Crippen molar-refractivity contribution in [1.82, 2.24) is 4.90 Å². The molecule has 0 bridgehead atoms. The molecule has 0 spiro atoms. The van der Waals surface area contributed by atoms with E-state index in [1.165, 1.54) is 0 Å². The van der Waals surface area contributed by atoms with Crippen LogP contribution in [0.2, 0.25) is 0 Å². The Labute approximate surface area is 124 Å². The lowest BCUT2D eigenvalue weighted by atomic mass is 9.91. The van der Waals surface area contributed by atoms with Gasteiger partial charge in [0.15, 0.2) is 0 Å². The van der Waals surface area contributed by atoms with Gasteiger partial charge in [-0.15, -0.1) is 0 Å². The molecule has 1 heterocycles. The van der Waals surface area contributed by atoms with Gasteiger partial charge in [0.05, 0.1) is 5.92 Å². The average molecular weight is 290 g/mol. The third kappa shape index (κ3) is 4.56. The molecule has 1 fully saturated rings. The van der Waals surface area contributed by atoms with Crippen molar-refractivity contribution in [3.8, 4) is 0 Å². The summed E-state index contributed by atoms with van der Waals surface area (Å²) in [6.45, 7) is 2.17. The first-order chi connectivity index (χ1) is 10.1. The molecule has 1 aliphatic rings. The maximum Gasteiger partial charge on any atom is 0.312 e. The SMILES string of the molecule is NC(=O)CC1CCN(CC(C(=O)O)c2ccccc2)CC1. The number of rotatable bonds is 6. The molecule has 5 nitrogen and oxygen atoms in total. The van der Waals surface area contributed by atoms with E-state index in [4.69, 9.17) is 5.73 Å². The predicted molar refractivity (Wildman–Crippen MR) is 79.8 cm³/mol. The fourth-order valence-corrected chi connectivity index (χ4v) is 2.93. The maximum absolute atomic E-state index is 11.5. The van der Waals surface area contributed by atoms with Gasteiger partial charge in [0.25, 0.3) is 0 Å². The van der Waals surface area contributed by atoms with Crippen molar-refractivity contribution in [1.29, 1.82) is 0 Å². The fourth-order valence-electron chi connectivity index (χ4n) is 2.93. The molecule has 5 heteroatoms. The normalized spacial score (nSPS) is 18.3. The highest BCUT2D eigenvalue weighted by Gasteiger charge is 2.26. The first kappa shape index (κ1) is 15.5. The van der Waals surface area contributed by atoms with Gasteiger partial charge in [0, 0.05) is 13.0 Å². The van der Waals surface area contributed by atoms with E-state index in [2.05, 4.69) is 4.90 Å². The third-order valence-corrected chi connectivity index (χ3v) is 4.14. The number of carbonyl (C=O) groups excluding carboxylic acids is 1. The first-order valence-electron chi connectivity index (χ1n) is 7.34. The van der Waals surface area contributed by atoms with E-state index < -0.39 is 11.9 Å². The summed E-state index contributed by atoms with van der Waals surface area (Å²) in [5, 5.41) is 9.44. The van der Waals surface area contributed by atoms with Gasteiger partial charge in [-0.3, -0.25) is 9.59 Å². The summed E-state index contributed by atoms with van der Waals surface area (Å²) in [6, 6.07) is 9.34. The van der Waals surface area contributed by atoms with Crippen molar-refractivity contribution in [2.45, 2.75) is 25.2 Å². The number of piperidine rings is 1. The van der Waals surface area contributed by atoms with E-state index in [9.17, 15) is 14.7 Å². The Morgan fingerprint density at radius 3 is 2.38 bits per heavy atom. The quantitative estimate of drug-likeness (QED) is 0.830. The van der Waals surface area contributed by atoms with Gasteiger partial charge < -0.3 is 15.7 Å². The zero-order valence-electron chi connectivity index (χ0n) is 12.1. The van der Waals surface area contributed by atoms with Crippen molar-refractivity contribution in [2.24, 2.45) is 11.7 Å². The Morgan fingerprint density at radius 1 is 1.24 bits per heavy atom. The van der Waals surface area contributed by atoms with Crippen LogP contribution in [0.5, 0.6) is 0 Å². The Hall–Kier alpha value is -1.88. The van der Waals surface area contributed by atoms with Crippen LogP contribution in [0.4, 0.5) is 0 Å². The van der Waals surface area contributed by atoms with Gasteiger partial charge in [0.2, 0.25) is 5.91 Å². The van der Waals surface area contributed by atoms with Crippen LogP contribution in [0.3, 0.4) is 0 Å². The Bertz CT molecular complexity index is 482. The second kappa shape index (κ2) is 7.22. The molecule has 1 aliphatic heterocycles. The summed E-state index contributed by atoms with van der Waals surface area (Å²) in [6.07, 6.45) is 2.25. The highest BCUT2D eigenvalue weighted by Crippen LogP contribution is 2.24. The fraction of sp³-hybridized carbons (Fsp3) is 0.500. The molecule has 1 amide bonds. The number of benzene rings is 1. The van der Waals surface area contributed by atoms with Crippen molar-refractivity contribution in [3.05, 3.63) is 35.9 Å². The van der Waals surface area contributed by atoms with E-state index in [1.807, 2.05) is 30.3 Å². The van der Waals surface area contributed by atoms with E-state index in [1.54, 1.807) is 0 Å². The topological polar surface area (TPSA) is 83.6 Å². The van der Waals surface area contributed by atoms with Crippen LogP contribution >= 0.6 is 0 Å². The largest absolute Gasteiger partial charge is 0.481 e. The van der Waals surface area contributed by atoms with Crippen LogP contribution in [0.1, 0.15) is 30.7 Å². The molecule has 1 aromatic carbocycles. The summed E-state index contributed by atoms with van der Waals surface area (Å²) < 4.78 is 0. The zero-order chi connectivity index (χ0) is 15.2. The number of likely N-dealkylation sites (tertiary alicyclic amines) is 1. The molecule has 0 aliphatic carbocycles. The molecule has 3 N–H and O–H groups in total. The van der Waals surface area contributed by atoms with Crippen molar-refractivity contribution in [2.75, 3.05) is 19.6 Å². The number of carboxylic acids is 1. The number of carbonyl (C=O) groups is 2. The monoisotopic (exact) mass is 290 g/mol. The molecule has 1 saturated heterocycles. The van der Waals surface area contributed by atoms with E-state index >= 15 is 0 Å². The molecular formula is C16H22N2O3. The van der Waals surface area contributed by atoms with Crippen LogP contribution in [0.15, 0.2) is 30.3 Å². The molecule has 21 heavy (non-hydrogen) atoms. The van der Waals surface area contributed by atoms with Crippen LogP contribution < -0.4 is 5.73 Å². The molecule has 1 atom stereocenters. The summed E-state index contributed by atoms with van der Waals surface area (Å²) in [5.41, 5.74) is 6.06. The molecule has 0 aromatic heterocycles. The second-order valence-electron chi connectivity index (χ2n) is 5.72. The highest BCUT2D eigenvalue weighted by atomic mass is 16.4. The zero-order valence-corrected chi connectivity index (χ0v) is 12.1. The molecule has 1 aromatic rings. The third-order valence-electron chi connectivity index (χ3n) is 4.14. The Balaban J connectivity index is 1.91. The number of primary amides is 1. The van der Waals surface area contributed by atoms with Gasteiger partial charge in [-0.2, -0.15) is 0 Å². The highest BCUT2D eigenvalue weighted by molar-refractivity contribution is 5.76. The standard InChI is InChI=1S/C16H22N2O3/c17-15(19)10-12-6-8-18(9-7-12)11-14(16(20)21)13-4-2-1-3-5-13/h1-5,12,14H,6-11H2,(H2,17,19)(H,20,21). The molecule has 1 unspecified atom stereocenters. The lowest BCUT2D eigenvalue weighted by Crippen LogP contribution is -2.39. The molecule has 0 radical (unpaired) electrons. The minimum atomic E-state index is -0.791. The lowest BCUT2D eigenvalue weighted by Gasteiger charge is -2.33. The number of nitrogens with zero attached hydrogens (tertiary/aromatic N) is 1.